The largest absolute Gasteiger partial charge is 0.396 e. The monoisotopic (exact) mass is 234 g/mol. The van der Waals surface area contributed by atoms with Gasteiger partial charge in [-0.1, -0.05) is 11.6 Å². The average molecular weight is 235 g/mol. The lowest BCUT2D eigenvalue weighted by Gasteiger charge is -2.18. The van der Waals surface area contributed by atoms with Crippen molar-refractivity contribution in [1.29, 1.82) is 0 Å². The van der Waals surface area contributed by atoms with E-state index in [2.05, 4.69) is 0 Å². The molecule has 0 aliphatic carbocycles. The summed E-state index contributed by atoms with van der Waals surface area (Å²) in [7, 11) is 0. The van der Waals surface area contributed by atoms with Crippen LogP contribution in [0.15, 0.2) is 18.2 Å². The number of hydrogen-bond donors (Lipinski definition) is 3. The van der Waals surface area contributed by atoms with E-state index in [1.54, 1.807) is 0 Å². The molecule has 0 aliphatic heterocycles. The molecule has 0 aromatic heterocycles. The van der Waals surface area contributed by atoms with Gasteiger partial charge in [0.05, 0.1) is 6.10 Å². The molecule has 2 unspecified atom stereocenters. The van der Waals surface area contributed by atoms with Gasteiger partial charge in [0.15, 0.2) is 0 Å². The zero-order chi connectivity index (χ0) is 11.4. The SMILES string of the molecule is OCCC(O)C(O)c1cc(F)ccc1Cl. The van der Waals surface area contributed by atoms with E-state index in [-0.39, 0.29) is 23.6 Å². The zero-order valence-corrected chi connectivity index (χ0v) is 8.65. The van der Waals surface area contributed by atoms with Crippen molar-refractivity contribution in [3.63, 3.8) is 0 Å². The van der Waals surface area contributed by atoms with Gasteiger partial charge in [0.2, 0.25) is 0 Å². The van der Waals surface area contributed by atoms with Gasteiger partial charge < -0.3 is 15.3 Å². The summed E-state index contributed by atoms with van der Waals surface area (Å²) in [5.74, 6) is -0.537. The average Bonchev–Trinajstić information content (AvgIpc) is 2.21. The molecule has 0 fully saturated rings. The molecule has 2 atom stereocenters. The Morgan fingerprint density at radius 1 is 1.33 bits per heavy atom. The van der Waals surface area contributed by atoms with Gasteiger partial charge in [0.25, 0.3) is 0 Å². The van der Waals surface area contributed by atoms with Crippen LogP contribution < -0.4 is 0 Å². The van der Waals surface area contributed by atoms with Gasteiger partial charge in [-0.15, -0.1) is 0 Å². The third kappa shape index (κ3) is 3.14. The second-order valence-corrected chi connectivity index (χ2v) is 3.60. The molecular formula is C10H12ClFO3. The summed E-state index contributed by atoms with van der Waals surface area (Å²) in [5, 5.41) is 27.8. The number of aliphatic hydroxyl groups excluding tert-OH is 3. The van der Waals surface area contributed by atoms with Gasteiger partial charge in [-0.05, 0) is 24.6 Å². The summed E-state index contributed by atoms with van der Waals surface area (Å²) in [4.78, 5) is 0. The molecule has 1 aromatic rings. The van der Waals surface area contributed by atoms with E-state index in [0.717, 1.165) is 12.1 Å². The summed E-state index contributed by atoms with van der Waals surface area (Å²) in [5.41, 5.74) is 0.123. The smallest absolute Gasteiger partial charge is 0.123 e. The van der Waals surface area contributed by atoms with E-state index in [9.17, 15) is 14.6 Å². The molecule has 1 aromatic carbocycles. The van der Waals surface area contributed by atoms with Gasteiger partial charge in [-0.2, -0.15) is 0 Å². The number of hydrogen-bond acceptors (Lipinski definition) is 3. The second-order valence-electron chi connectivity index (χ2n) is 3.19. The highest BCUT2D eigenvalue weighted by atomic mass is 35.5. The number of halogens is 2. The maximum absolute atomic E-state index is 12.9. The van der Waals surface area contributed by atoms with Crippen molar-refractivity contribution >= 4 is 11.6 Å². The Balaban J connectivity index is 2.89. The van der Waals surface area contributed by atoms with E-state index < -0.39 is 18.0 Å². The Labute approximate surface area is 91.7 Å². The minimum atomic E-state index is -1.29. The van der Waals surface area contributed by atoms with Crippen molar-refractivity contribution in [3.8, 4) is 0 Å². The molecule has 15 heavy (non-hydrogen) atoms. The first-order valence-electron chi connectivity index (χ1n) is 4.48. The fourth-order valence-corrected chi connectivity index (χ4v) is 1.47. The molecule has 0 heterocycles. The van der Waals surface area contributed by atoms with Crippen LogP contribution in [0.3, 0.4) is 0 Å². The number of aliphatic hydroxyl groups is 3. The Bertz CT molecular complexity index is 332. The summed E-state index contributed by atoms with van der Waals surface area (Å²) < 4.78 is 12.9. The Morgan fingerprint density at radius 3 is 2.60 bits per heavy atom. The second kappa shape index (κ2) is 5.42. The standard InChI is InChI=1S/C10H12ClFO3/c11-8-2-1-6(12)5-7(8)10(15)9(14)3-4-13/h1-2,5,9-10,13-15H,3-4H2. The minimum Gasteiger partial charge on any atom is -0.396 e. The molecule has 0 saturated carbocycles. The highest BCUT2D eigenvalue weighted by Crippen LogP contribution is 2.27. The molecule has 0 aliphatic rings. The molecule has 3 N–H and O–H groups in total. The lowest BCUT2D eigenvalue weighted by Crippen LogP contribution is -2.19. The lowest BCUT2D eigenvalue weighted by atomic mass is 10.0. The molecule has 1 rings (SSSR count). The molecule has 0 spiro atoms. The lowest BCUT2D eigenvalue weighted by molar-refractivity contribution is 0.00413. The van der Waals surface area contributed by atoms with Gasteiger partial charge in [0, 0.05) is 17.2 Å². The predicted octanol–water partition coefficient (Wildman–Crippen LogP) is 1.26. The van der Waals surface area contributed by atoms with Crippen LogP contribution in [-0.4, -0.2) is 28.0 Å². The summed E-state index contributed by atoms with van der Waals surface area (Å²) in [6.45, 7) is -0.259. The van der Waals surface area contributed by atoms with Crippen LogP contribution in [0, 0.1) is 5.82 Å². The van der Waals surface area contributed by atoms with Gasteiger partial charge in [-0.3, -0.25) is 0 Å². The van der Waals surface area contributed by atoms with Gasteiger partial charge in [0.1, 0.15) is 11.9 Å². The fraction of sp³-hybridized carbons (Fsp3) is 0.400. The van der Waals surface area contributed by atoms with Crippen molar-refractivity contribution < 1.29 is 19.7 Å². The van der Waals surface area contributed by atoms with E-state index in [1.165, 1.54) is 6.07 Å². The van der Waals surface area contributed by atoms with Gasteiger partial charge >= 0.3 is 0 Å². The van der Waals surface area contributed by atoms with Crippen molar-refractivity contribution in [3.05, 3.63) is 34.6 Å². The van der Waals surface area contributed by atoms with Crippen LogP contribution >= 0.6 is 11.6 Å². The van der Waals surface area contributed by atoms with Crippen LogP contribution in [0.4, 0.5) is 4.39 Å². The van der Waals surface area contributed by atoms with E-state index >= 15 is 0 Å². The van der Waals surface area contributed by atoms with Crippen LogP contribution in [0.2, 0.25) is 5.02 Å². The molecule has 5 heteroatoms. The molecular weight excluding hydrogens is 223 g/mol. The molecule has 84 valence electrons. The van der Waals surface area contributed by atoms with Gasteiger partial charge in [-0.25, -0.2) is 4.39 Å². The van der Waals surface area contributed by atoms with Crippen LogP contribution in [0.5, 0.6) is 0 Å². The zero-order valence-electron chi connectivity index (χ0n) is 7.90. The van der Waals surface area contributed by atoms with E-state index in [4.69, 9.17) is 16.7 Å². The summed E-state index contributed by atoms with van der Waals surface area (Å²) in [6, 6.07) is 3.53. The fourth-order valence-electron chi connectivity index (χ4n) is 1.24. The first-order valence-corrected chi connectivity index (χ1v) is 4.86. The first kappa shape index (κ1) is 12.4. The molecule has 0 amide bonds. The molecule has 0 radical (unpaired) electrons. The Hall–Kier alpha value is -0.680. The van der Waals surface area contributed by atoms with E-state index in [1.807, 2.05) is 0 Å². The number of benzene rings is 1. The normalized spacial score (nSPS) is 15.0. The Morgan fingerprint density at radius 2 is 2.00 bits per heavy atom. The highest BCUT2D eigenvalue weighted by molar-refractivity contribution is 6.31. The van der Waals surface area contributed by atoms with Crippen molar-refractivity contribution in [2.75, 3.05) is 6.61 Å². The molecule has 3 nitrogen and oxygen atoms in total. The van der Waals surface area contributed by atoms with Crippen molar-refractivity contribution in [2.24, 2.45) is 0 Å². The minimum absolute atomic E-state index is 0.00795. The maximum atomic E-state index is 12.9. The van der Waals surface area contributed by atoms with Crippen LogP contribution in [-0.2, 0) is 0 Å². The first-order chi connectivity index (χ1) is 7.06. The summed E-state index contributed by atoms with van der Waals surface area (Å²) >= 11 is 5.74. The number of rotatable bonds is 4. The van der Waals surface area contributed by atoms with Crippen LogP contribution in [0.25, 0.3) is 0 Å². The van der Waals surface area contributed by atoms with Crippen molar-refractivity contribution in [2.45, 2.75) is 18.6 Å². The van der Waals surface area contributed by atoms with E-state index in [0.29, 0.717) is 0 Å². The van der Waals surface area contributed by atoms with Crippen LogP contribution in [0.1, 0.15) is 18.1 Å². The molecule has 0 bridgehead atoms. The Kier molecular flexibility index (Phi) is 4.47. The topological polar surface area (TPSA) is 60.7 Å². The maximum Gasteiger partial charge on any atom is 0.123 e. The summed E-state index contributed by atoms with van der Waals surface area (Å²) in [6.07, 6.45) is -2.44. The van der Waals surface area contributed by atoms with Crippen molar-refractivity contribution in [1.82, 2.24) is 0 Å². The third-order valence-electron chi connectivity index (χ3n) is 2.07. The predicted molar refractivity (Wildman–Crippen MR) is 54.1 cm³/mol. The molecule has 0 saturated heterocycles. The quantitative estimate of drug-likeness (QED) is 0.735. The highest BCUT2D eigenvalue weighted by Gasteiger charge is 2.20. The third-order valence-corrected chi connectivity index (χ3v) is 2.41.